The molecule has 106 valence electrons. The third-order valence-corrected chi connectivity index (χ3v) is 2.41. The predicted molar refractivity (Wildman–Crippen MR) is 74.5 cm³/mol. The standard InChI is InChI=1S/C8H11.C5H5.C2H6Si.2ClH.Hf/c1-6-4-5-7(2)8(6)3;1-2-4-5-3-1;1-3-2;;;/h4H2,1-3H3;1-3H,4H2;1-2H3;2*1H;/q2*-1;;;;+2/p-2. The van der Waals surface area contributed by atoms with E-state index in [9.17, 15) is 0 Å². The van der Waals surface area contributed by atoms with Gasteiger partial charge < -0.3 is 24.8 Å². The van der Waals surface area contributed by atoms with Gasteiger partial charge >= 0.3 is 41.6 Å². The van der Waals surface area contributed by atoms with Crippen LogP contribution in [-0.2, 0) is 23.0 Å². The smallest absolute Gasteiger partial charge is 0.109 e. The number of rotatable bonds is 0. The summed E-state index contributed by atoms with van der Waals surface area (Å²) in [5.41, 5.74) is 4.50. The van der Waals surface area contributed by atoms with Gasteiger partial charge in [-0.2, -0.15) is 17.2 Å². The quantitative estimate of drug-likeness (QED) is 0.295. The van der Waals surface area contributed by atoms with Crippen molar-refractivity contribution in [2.45, 2.75) is 46.7 Å². The fraction of sp³-hybridized carbons (Fsp3) is 0.467. The van der Waals surface area contributed by atoms with Crippen molar-refractivity contribution in [1.82, 2.24) is 0 Å². The van der Waals surface area contributed by atoms with Gasteiger partial charge in [0.05, 0.1) is 0 Å². The van der Waals surface area contributed by atoms with Crippen LogP contribution in [0.4, 0.5) is 0 Å². The normalized spacial score (nSPS) is 14.4. The molecule has 0 N–H and O–H groups in total. The van der Waals surface area contributed by atoms with Crippen molar-refractivity contribution in [3.63, 3.8) is 0 Å². The first-order valence-corrected chi connectivity index (χ1v) is 13.8. The van der Waals surface area contributed by atoms with E-state index in [0.29, 0.717) is 0 Å². The van der Waals surface area contributed by atoms with Gasteiger partial charge in [0.15, 0.2) is 0 Å². The van der Waals surface area contributed by atoms with E-state index >= 15 is 0 Å². The first-order chi connectivity index (χ1) is 7.95. The second-order valence-electron chi connectivity index (χ2n) is 4.39. The summed E-state index contributed by atoms with van der Waals surface area (Å²) in [4.78, 5) is 0. The molecule has 0 saturated heterocycles. The van der Waals surface area contributed by atoms with Crippen LogP contribution in [0.25, 0.3) is 0 Å². The minimum Gasteiger partial charge on any atom is -1.00 e. The monoisotopic (exact) mass is 480 g/mol. The van der Waals surface area contributed by atoms with E-state index in [2.05, 4.69) is 52.1 Å². The number of halogens is 2. The molecule has 0 unspecified atom stereocenters. The average molecular weight is 480 g/mol. The van der Waals surface area contributed by atoms with Crippen LogP contribution in [0.2, 0.25) is 13.1 Å². The van der Waals surface area contributed by atoms with Crippen molar-refractivity contribution in [2.75, 3.05) is 0 Å². The van der Waals surface area contributed by atoms with Crippen LogP contribution >= 0.6 is 0 Å². The molecule has 0 amide bonds. The average Bonchev–Trinajstić information content (AvgIpc) is 2.88. The van der Waals surface area contributed by atoms with Gasteiger partial charge in [0.25, 0.3) is 0 Å². The molecule has 0 fully saturated rings. The van der Waals surface area contributed by atoms with Crippen molar-refractivity contribution < 1.29 is 47.8 Å². The Hall–Kier alpha value is 0.627. The molecule has 0 aromatic rings. The van der Waals surface area contributed by atoms with E-state index in [4.69, 9.17) is 0 Å². The summed E-state index contributed by atoms with van der Waals surface area (Å²) in [6.07, 6.45) is 14.3. The van der Waals surface area contributed by atoms with Gasteiger partial charge in [0.1, 0.15) is 0 Å². The molecule has 2 aliphatic rings. The summed E-state index contributed by atoms with van der Waals surface area (Å²) in [6.45, 7) is 11.1. The molecule has 4 heteroatoms. The molecule has 0 bridgehead atoms. The molecule has 0 aromatic carbocycles. The maximum Gasteiger partial charge on any atom is -0.109 e. The van der Waals surface area contributed by atoms with Gasteiger partial charge in [0, 0.05) is 0 Å². The fourth-order valence-electron chi connectivity index (χ4n) is 1.19. The van der Waals surface area contributed by atoms with Crippen LogP contribution in [0.15, 0.2) is 34.9 Å². The molecular weight excluding hydrogens is 458 g/mol. The van der Waals surface area contributed by atoms with Gasteiger partial charge in [-0.05, 0) is 0 Å². The van der Waals surface area contributed by atoms with Crippen molar-refractivity contribution in [3.05, 3.63) is 47.1 Å². The number of allylic oxidation sites excluding steroid dienone is 8. The Labute approximate surface area is 146 Å². The second-order valence-corrected chi connectivity index (χ2v) is 17.2. The van der Waals surface area contributed by atoms with Crippen LogP contribution in [0.5, 0.6) is 0 Å². The van der Waals surface area contributed by atoms with Gasteiger partial charge in [-0.1, -0.05) is 13.8 Å². The Balaban J connectivity index is -0.000000206. The SMILES string of the molecule is CC1=[C-]CC(C)=C1C.C[Si](C)=[Hf+2].[C-]1=CC=CC1.[Cl-].[Cl-]. The molecule has 0 aliphatic heterocycles. The van der Waals surface area contributed by atoms with Crippen LogP contribution in [-0.4, -0.2) is 5.49 Å². The zero-order valence-corrected chi connectivity index (χ0v) is 18.5. The fourth-order valence-corrected chi connectivity index (χ4v) is 1.19. The van der Waals surface area contributed by atoms with Crippen molar-refractivity contribution in [1.29, 1.82) is 0 Å². The molecule has 0 atom stereocenters. The Morgan fingerprint density at radius 3 is 1.79 bits per heavy atom. The molecule has 2 aliphatic carbocycles. The van der Waals surface area contributed by atoms with Crippen LogP contribution in [0, 0.1) is 12.2 Å². The largest absolute Gasteiger partial charge is 1.00 e. The topological polar surface area (TPSA) is 0 Å². The third kappa shape index (κ3) is 14.8. The first-order valence-electron chi connectivity index (χ1n) is 5.92. The Morgan fingerprint density at radius 2 is 1.68 bits per heavy atom. The van der Waals surface area contributed by atoms with Gasteiger partial charge in [-0.25, -0.2) is 17.7 Å². The summed E-state index contributed by atoms with van der Waals surface area (Å²) in [7, 11) is 0. The minimum atomic E-state index is 0. The van der Waals surface area contributed by atoms with E-state index in [1.807, 2.05) is 12.2 Å². The van der Waals surface area contributed by atoms with Gasteiger partial charge in [0.2, 0.25) is 0 Å². The maximum absolute atomic E-state index is 3.26. The van der Waals surface area contributed by atoms with E-state index in [1.165, 1.54) is 39.7 Å². The van der Waals surface area contributed by atoms with E-state index in [1.54, 1.807) is 0 Å². The molecule has 19 heavy (non-hydrogen) atoms. The summed E-state index contributed by atoms with van der Waals surface area (Å²) in [5, 5.41) is 0. The summed E-state index contributed by atoms with van der Waals surface area (Å²) in [6, 6.07) is 0. The van der Waals surface area contributed by atoms with Crippen LogP contribution < -0.4 is 24.8 Å². The first kappa shape index (κ1) is 24.6. The van der Waals surface area contributed by atoms with Crippen LogP contribution in [0.3, 0.4) is 0 Å². The molecule has 2 rings (SSSR count). The Kier molecular flexibility index (Phi) is 19.5. The van der Waals surface area contributed by atoms with Crippen LogP contribution in [0.1, 0.15) is 33.6 Å². The summed E-state index contributed by atoms with van der Waals surface area (Å²) in [5.74, 6) is 0. The number of hydrogen-bond acceptors (Lipinski definition) is 0. The van der Waals surface area contributed by atoms with Crippen molar-refractivity contribution in [3.8, 4) is 0 Å². The molecule has 0 spiro atoms. The third-order valence-electron chi connectivity index (χ3n) is 2.41. The van der Waals surface area contributed by atoms with E-state index in [0.717, 1.165) is 12.8 Å². The van der Waals surface area contributed by atoms with Crippen molar-refractivity contribution in [2.24, 2.45) is 0 Å². The number of hydrogen-bond donors (Lipinski definition) is 0. The van der Waals surface area contributed by atoms with Gasteiger partial charge in [-0.3, -0.25) is 12.2 Å². The molecule has 0 radical (unpaired) electrons. The summed E-state index contributed by atoms with van der Waals surface area (Å²) < 4.78 is 0. The Bertz CT molecular complexity index is 360. The molecule has 0 saturated carbocycles. The molecular formula is C15H22Cl2HfSi-2. The molecule has 0 aromatic heterocycles. The second kappa shape index (κ2) is 15.0. The Morgan fingerprint density at radius 1 is 1.16 bits per heavy atom. The van der Waals surface area contributed by atoms with E-state index in [-0.39, 0.29) is 30.3 Å². The predicted octanol–water partition coefficient (Wildman–Crippen LogP) is -1.43. The van der Waals surface area contributed by atoms with Crippen molar-refractivity contribution >= 4 is 5.49 Å². The zero-order chi connectivity index (χ0) is 13.3. The molecule has 0 heterocycles. The maximum atomic E-state index is 3.26. The van der Waals surface area contributed by atoms with Gasteiger partial charge in [-0.15, -0.1) is 19.8 Å². The minimum absolute atomic E-state index is 0. The summed E-state index contributed by atoms with van der Waals surface area (Å²) >= 11 is 1.45. The van der Waals surface area contributed by atoms with E-state index < -0.39 is 0 Å². The zero-order valence-electron chi connectivity index (χ0n) is 12.4. The molecule has 0 nitrogen and oxygen atoms in total.